The van der Waals surface area contributed by atoms with Crippen molar-refractivity contribution in [2.45, 2.75) is 19.8 Å². The van der Waals surface area contributed by atoms with E-state index in [1.165, 1.54) is 0 Å². The molecule has 16 heavy (non-hydrogen) atoms. The second kappa shape index (κ2) is 6.65. The van der Waals surface area contributed by atoms with Gasteiger partial charge >= 0.3 is 0 Å². The summed E-state index contributed by atoms with van der Waals surface area (Å²) in [5, 5.41) is 18.1. The van der Waals surface area contributed by atoms with Crippen LogP contribution in [0, 0.1) is 5.92 Å². The standard InChI is InChI=1S/C10H16BrN3O2/c1-2-7(3-4-15)5-12-8-6-13-14-10(16)9(8)11/h6-7,15H,2-5H2,1H3,(H2,12,14,16). The van der Waals surface area contributed by atoms with Crippen LogP contribution in [-0.2, 0) is 0 Å². The number of aromatic amines is 1. The van der Waals surface area contributed by atoms with E-state index in [0.717, 1.165) is 19.4 Å². The Labute approximate surface area is 102 Å². The lowest BCUT2D eigenvalue weighted by molar-refractivity contribution is 0.258. The van der Waals surface area contributed by atoms with E-state index in [0.29, 0.717) is 16.1 Å². The summed E-state index contributed by atoms with van der Waals surface area (Å²) < 4.78 is 0.460. The number of halogens is 1. The van der Waals surface area contributed by atoms with Crippen molar-refractivity contribution in [1.82, 2.24) is 10.2 Å². The van der Waals surface area contributed by atoms with Crippen LogP contribution in [0.1, 0.15) is 19.8 Å². The molecule has 5 nitrogen and oxygen atoms in total. The summed E-state index contributed by atoms with van der Waals surface area (Å²) in [7, 11) is 0. The van der Waals surface area contributed by atoms with E-state index in [9.17, 15) is 4.79 Å². The molecule has 0 bridgehead atoms. The van der Waals surface area contributed by atoms with Crippen molar-refractivity contribution < 1.29 is 5.11 Å². The van der Waals surface area contributed by atoms with Crippen LogP contribution in [0.5, 0.6) is 0 Å². The van der Waals surface area contributed by atoms with E-state index in [2.05, 4.69) is 38.4 Å². The molecule has 1 atom stereocenters. The van der Waals surface area contributed by atoms with Crippen LogP contribution >= 0.6 is 15.9 Å². The third kappa shape index (κ3) is 3.61. The minimum atomic E-state index is -0.250. The third-order valence-electron chi connectivity index (χ3n) is 2.49. The van der Waals surface area contributed by atoms with Crippen LogP contribution in [-0.4, -0.2) is 28.5 Å². The zero-order chi connectivity index (χ0) is 12.0. The van der Waals surface area contributed by atoms with Gasteiger partial charge in [0, 0.05) is 13.2 Å². The molecule has 1 unspecified atom stereocenters. The number of aromatic nitrogens is 2. The van der Waals surface area contributed by atoms with E-state index in [4.69, 9.17) is 5.11 Å². The van der Waals surface area contributed by atoms with Gasteiger partial charge in [-0.15, -0.1) is 0 Å². The summed E-state index contributed by atoms with van der Waals surface area (Å²) in [6.07, 6.45) is 3.32. The molecule has 1 aromatic heterocycles. The molecule has 1 aromatic rings. The Hall–Kier alpha value is -0.880. The van der Waals surface area contributed by atoms with E-state index >= 15 is 0 Å². The Bertz CT molecular complexity index is 381. The lowest BCUT2D eigenvalue weighted by Crippen LogP contribution is -2.18. The molecule has 90 valence electrons. The molecule has 0 saturated carbocycles. The van der Waals surface area contributed by atoms with Gasteiger partial charge in [0.15, 0.2) is 0 Å². The van der Waals surface area contributed by atoms with Gasteiger partial charge in [-0.3, -0.25) is 4.79 Å². The van der Waals surface area contributed by atoms with Gasteiger partial charge in [0.05, 0.1) is 11.9 Å². The second-order valence-corrected chi connectivity index (χ2v) is 4.39. The monoisotopic (exact) mass is 289 g/mol. The van der Waals surface area contributed by atoms with Crippen LogP contribution in [0.15, 0.2) is 15.5 Å². The number of nitrogens with one attached hydrogen (secondary N) is 2. The number of H-pyrrole nitrogens is 1. The fraction of sp³-hybridized carbons (Fsp3) is 0.600. The van der Waals surface area contributed by atoms with Gasteiger partial charge in [-0.05, 0) is 28.3 Å². The molecule has 0 spiro atoms. The van der Waals surface area contributed by atoms with E-state index < -0.39 is 0 Å². The highest BCUT2D eigenvalue weighted by Gasteiger charge is 2.08. The first kappa shape index (κ1) is 13.2. The molecule has 1 heterocycles. The average molecular weight is 290 g/mol. The molecule has 6 heteroatoms. The maximum atomic E-state index is 11.2. The van der Waals surface area contributed by atoms with Crippen LogP contribution < -0.4 is 10.9 Å². The van der Waals surface area contributed by atoms with E-state index in [1.54, 1.807) is 6.20 Å². The number of rotatable bonds is 6. The first-order valence-corrected chi connectivity index (χ1v) is 6.06. The number of nitrogens with zero attached hydrogens (tertiary/aromatic N) is 1. The minimum absolute atomic E-state index is 0.189. The van der Waals surface area contributed by atoms with Crippen molar-refractivity contribution in [2.24, 2.45) is 5.92 Å². The normalized spacial score (nSPS) is 12.4. The molecule has 0 aliphatic heterocycles. The lowest BCUT2D eigenvalue weighted by Gasteiger charge is -2.15. The Morgan fingerprint density at radius 2 is 2.44 bits per heavy atom. The first-order chi connectivity index (χ1) is 7.69. The van der Waals surface area contributed by atoms with Crippen molar-refractivity contribution in [3.05, 3.63) is 21.0 Å². The zero-order valence-corrected chi connectivity index (χ0v) is 10.7. The number of aliphatic hydroxyl groups excluding tert-OH is 1. The highest BCUT2D eigenvalue weighted by atomic mass is 79.9. The lowest BCUT2D eigenvalue weighted by atomic mass is 10.0. The molecule has 1 rings (SSSR count). The zero-order valence-electron chi connectivity index (χ0n) is 9.16. The van der Waals surface area contributed by atoms with Gasteiger partial charge in [0.2, 0.25) is 0 Å². The van der Waals surface area contributed by atoms with Gasteiger partial charge in [-0.2, -0.15) is 5.10 Å². The fourth-order valence-corrected chi connectivity index (χ4v) is 1.73. The van der Waals surface area contributed by atoms with Crippen molar-refractivity contribution in [2.75, 3.05) is 18.5 Å². The number of hydrogen-bond donors (Lipinski definition) is 3. The Morgan fingerprint density at radius 1 is 1.69 bits per heavy atom. The third-order valence-corrected chi connectivity index (χ3v) is 3.28. The predicted octanol–water partition coefficient (Wildman–Crippen LogP) is 1.35. The summed E-state index contributed by atoms with van der Waals surface area (Å²) in [4.78, 5) is 11.2. The quantitative estimate of drug-likeness (QED) is 0.739. The fourth-order valence-electron chi connectivity index (χ4n) is 1.39. The average Bonchev–Trinajstić information content (AvgIpc) is 2.29. The SMILES string of the molecule is CCC(CCO)CNc1cn[nH]c(=O)c1Br. The van der Waals surface area contributed by atoms with Crippen LogP contribution in [0.25, 0.3) is 0 Å². The minimum Gasteiger partial charge on any atom is -0.396 e. The predicted molar refractivity (Wildman–Crippen MR) is 66.5 cm³/mol. The smallest absolute Gasteiger partial charge is 0.280 e. The summed E-state index contributed by atoms with van der Waals surface area (Å²) in [6, 6.07) is 0. The highest BCUT2D eigenvalue weighted by Crippen LogP contribution is 2.17. The summed E-state index contributed by atoms with van der Waals surface area (Å²) in [6.45, 7) is 2.99. The molecule has 0 aliphatic rings. The Balaban J connectivity index is 2.60. The van der Waals surface area contributed by atoms with Gasteiger partial charge in [0.1, 0.15) is 4.47 Å². The number of hydrogen-bond acceptors (Lipinski definition) is 4. The maximum absolute atomic E-state index is 11.2. The van der Waals surface area contributed by atoms with Crippen LogP contribution in [0.3, 0.4) is 0 Å². The maximum Gasteiger partial charge on any atom is 0.280 e. The Morgan fingerprint density at radius 3 is 3.06 bits per heavy atom. The molecule has 0 saturated heterocycles. The molecular weight excluding hydrogens is 274 g/mol. The molecule has 0 fully saturated rings. The first-order valence-electron chi connectivity index (χ1n) is 5.27. The highest BCUT2D eigenvalue weighted by molar-refractivity contribution is 9.10. The van der Waals surface area contributed by atoms with E-state index in [1.807, 2.05) is 0 Å². The van der Waals surface area contributed by atoms with Crippen molar-refractivity contribution in [1.29, 1.82) is 0 Å². The van der Waals surface area contributed by atoms with Gasteiger partial charge in [-0.1, -0.05) is 13.3 Å². The van der Waals surface area contributed by atoms with E-state index in [-0.39, 0.29) is 12.2 Å². The molecule has 3 N–H and O–H groups in total. The molecule has 0 aliphatic carbocycles. The number of anilines is 1. The van der Waals surface area contributed by atoms with Gasteiger partial charge in [-0.25, -0.2) is 5.10 Å². The number of aliphatic hydroxyl groups is 1. The van der Waals surface area contributed by atoms with Crippen LogP contribution in [0.2, 0.25) is 0 Å². The summed E-state index contributed by atoms with van der Waals surface area (Å²) in [5.41, 5.74) is 0.431. The molecular formula is C10H16BrN3O2. The van der Waals surface area contributed by atoms with Crippen molar-refractivity contribution in [3.8, 4) is 0 Å². The molecule has 0 radical (unpaired) electrons. The van der Waals surface area contributed by atoms with Gasteiger partial charge < -0.3 is 10.4 Å². The molecule has 0 aromatic carbocycles. The van der Waals surface area contributed by atoms with Crippen molar-refractivity contribution in [3.63, 3.8) is 0 Å². The second-order valence-electron chi connectivity index (χ2n) is 3.59. The Kier molecular flexibility index (Phi) is 5.48. The largest absolute Gasteiger partial charge is 0.396 e. The molecule has 0 amide bonds. The topological polar surface area (TPSA) is 78.0 Å². The van der Waals surface area contributed by atoms with Crippen molar-refractivity contribution >= 4 is 21.6 Å². The van der Waals surface area contributed by atoms with Gasteiger partial charge in [0.25, 0.3) is 5.56 Å². The summed E-state index contributed by atoms with van der Waals surface area (Å²) in [5.74, 6) is 0.399. The van der Waals surface area contributed by atoms with Crippen LogP contribution in [0.4, 0.5) is 5.69 Å². The summed E-state index contributed by atoms with van der Waals surface area (Å²) >= 11 is 3.20.